The van der Waals surface area contributed by atoms with Crippen LogP contribution in [0.1, 0.15) is 120 Å². The number of nitrogens with zero attached hydrogens (tertiary/aromatic N) is 3. The molecule has 2 aliphatic heterocycles. The summed E-state index contributed by atoms with van der Waals surface area (Å²) in [4.78, 5) is 28.4. The maximum atomic E-state index is 14.7. The molecule has 8 nitrogen and oxygen atoms in total. The molecule has 3 N–H and O–H groups in total. The third-order valence-corrected chi connectivity index (χ3v) is 12.4. The molecule has 246 valence electrons. The van der Waals surface area contributed by atoms with Crippen molar-refractivity contribution in [2.24, 2.45) is 10.8 Å². The molecule has 0 saturated carbocycles. The van der Waals surface area contributed by atoms with Crippen LogP contribution in [0.4, 0.5) is 11.6 Å². The Morgan fingerprint density at radius 3 is 2.32 bits per heavy atom. The van der Waals surface area contributed by atoms with E-state index in [0.717, 1.165) is 102 Å². The molecule has 0 fully saturated rings. The second-order valence-corrected chi connectivity index (χ2v) is 16.2. The summed E-state index contributed by atoms with van der Waals surface area (Å²) in [5.74, 6) is 2.22. The quantitative estimate of drug-likeness (QED) is 0.272. The summed E-state index contributed by atoms with van der Waals surface area (Å²) in [6.07, 6.45) is 7.26. The van der Waals surface area contributed by atoms with Gasteiger partial charge in [-0.3, -0.25) is 19.4 Å². The van der Waals surface area contributed by atoms with Gasteiger partial charge in [0, 0.05) is 69.9 Å². The van der Waals surface area contributed by atoms with Crippen LogP contribution in [-0.4, -0.2) is 31.5 Å². The number of ketones is 2. The smallest absolute Gasteiger partial charge is 0.162 e. The van der Waals surface area contributed by atoms with Gasteiger partial charge in [-0.15, -0.1) is 0 Å². The number of hydrogen-bond acceptors (Lipinski definition) is 6. The number of rotatable bonds is 4. The molecule has 0 amide bonds. The summed E-state index contributed by atoms with van der Waals surface area (Å²) in [6, 6.07) is 8.70. The van der Waals surface area contributed by atoms with Crippen molar-refractivity contribution in [1.82, 2.24) is 20.0 Å². The van der Waals surface area contributed by atoms with Crippen molar-refractivity contribution >= 4 is 23.2 Å². The van der Waals surface area contributed by atoms with Gasteiger partial charge < -0.3 is 10.6 Å². The van der Waals surface area contributed by atoms with E-state index in [1.54, 1.807) is 0 Å². The minimum atomic E-state index is -0.488. The van der Waals surface area contributed by atoms with Crippen LogP contribution in [0.2, 0.25) is 0 Å². The molecule has 47 heavy (non-hydrogen) atoms. The molecule has 0 saturated heterocycles. The molecule has 0 radical (unpaired) electrons. The lowest BCUT2D eigenvalue weighted by Gasteiger charge is -2.48. The molecule has 2 atom stereocenters. The lowest BCUT2D eigenvalue weighted by Crippen LogP contribution is -2.46. The summed E-state index contributed by atoms with van der Waals surface area (Å²) in [5.41, 5.74) is 9.68. The molecule has 3 aliphatic carbocycles. The van der Waals surface area contributed by atoms with Gasteiger partial charge in [-0.2, -0.15) is 10.2 Å². The number of anilines is 2. The molecule has 5 aliphatic rings. The SMILES string of the molecule is CCC1(CC)C2=C(CC(C)(C)CC2=O)Nc2nn(CC3(C)CC(=O)C4=C(C3)Nc3n[nH]c(C)c3C43CCCc4ccccc43)c(C)c21. The van der Waals surface area contributed by atoms with E-state index in [-0.39, 0.29) is 27.8 Å². The number of aromatic nitrogens is 4. The second-order valence-electron chi connectivity index (χ2n) is 16.2. The van der Waals surface area contributed by atoms with Crippen LogP contribution in [0.5, 0.6) is 0 Å². The number of benzene rings is 1. The Labute approximate surface area is 277 Å². The zero-order valence-electron chi connectivity index (χ0n) is 29.0. The monoisotopic (exact) mass is 632 g/mol. The molecule has 2 aromatic heterocycles. The molecule has 3 aromatic rings. The van der Waals surface area contributed by atoms with Gasteiger partial charge in [-0.05, 0) is 80.8 Å². The number of carbonyl (C=O) groups excluding carboxylic acids is 2. The molecule has 8 heteroatoms. The topological polar surface area (TPSA) is 105 Å². The first kappa shape index (κ1) is 30.4. The average molecular weight is 633 g/mol. The van der Waals surface area contributed by atoms with Crippen molar-refractivity contribution in [3.05, 3.63) is 80.4 Å². The van der Waals surface area contributed by atoms with Gasteiger partial charge in [0.15, 0.2) is 23.2 Å². The number of Topliss-reactive ketones (excluding diaryl/α,β-unsaturated/α-hetero) is 2. The minimum absolute atomic E-state index is 0.0808. The normalized spacial score (nSPS) is 27.0. The van der Waals surface area contributed by atoms with E-state index in [4.69, 9.17) is 10.2 Å². The van der Waals surface area contributed by atoms with Gasteiger partial charge in [0.25, 0.3) is 0 Å². The van der Waals surface area contributed by atoms with Crippen molar-refractivity contribution in [3.63, 3.8) is 0 Å². The first-order chi connectivity index (χ1) is 22.4. The molecule has 8 rings (SSSR count). The van der Waals surface area contributed by atoms with Gasteiger partial charge in [-0.25, -0.2) is 0 Å². The van der Waals surface area contributed by atoms with Crippen LogP contribution in [0, 0.1) is 24.7 Å². The second kappa shape index (κ2) is 10.0. The minimum Gasteiger partial charge on any atom is -0.342 e. The molecule has 1 spiro atoms. The standard InChI is InChI=1S/C39H48N6O2/c1-8-38(9-2)31-23(4)45(44-35(31)41-26-17-36(5,6)19-28(46)32(26)38)21-37(7)18-27-33(29(47)20-37)39(30-22(3)42-43-34(30)40-27)16-12-14-24-13-10-11-15-25(24)39/h10-11,13,15H,8-9,12,14,16-21H2,1-7H3,(H,41,44)(H2,40,42,43). The number of H-pyrrole nitrogens is 1. The fourth-order valence-electron chi connectivity index (χ4n) is 10.5. The Morgan fingerprint density at radius 2 is 1.55 bits per heavy atom. The fourth-order valence-corrected chi connectivity index (χ4v) is 10.5. The van der Waals surface area contributed by atoms with E-state index in [1.165, 1.54) is 11.1 Å². The van der Waals surface area contributed by atoms with Gasteiger partial charge in [0.2, 0.25) is 0 Å². The average Bonchev–Trinajstić information content (AvgIpc) is 3.53. The molecular formula is C39H48N6O2. The van der Waals surface area contributed by atoms with Crippen LogP contribution in [0.15, 0.2) is 46.8 Å². The number of aromatic amines is 1. The van der Waals surface area contributed by atoms with E-state index < -0.39 is 5.41 Å². The molecule has 4 heterocycles. The van der Waals surface area contributed by atoms with E-state index in [0.29, 0.717) is 19.4 Å². The van der Waals surface area contributed by atoms with E-state index in [1.807, 2.05) is 0 Å². The lowest BCUT2D eigenvalue weighted by molar-refractivity contribution is -0.120. The highest BCUT2D eigenvalue weighted by Crippen LogP contribution is 2.58. The first-order valence-corrected chi connectivity index (χ1v) is 17.7. The third kappa shape index (κ3) is 4.12. The van der Waals surface area contributed by atoms with Crippen LogP contribution in [-0.2, 0) is 33.4 Å². The van der Waals surface area contributed by atoms with Gasteiger partial charge in [0.1, 0.15) is 0 Å². The van der Waals surface area contributed by atoms with Crippen LogP contribution >= 0.6 is 0 Å². The largest absolute Gasteiger partial charge is 0.342 e. The fraction of sp³-hybridized carbons (Fsp3) is 0.538. The van der Waals surface area contributed by atoms with Gasteiger partial charge in [-0.1, -0.05) is 58.9 Å². The van der Waals surface area contributed by atoms with E-state index >= 15 is 0 Å². The number of allylic oxidation sites excluding steroid dienone is 4. The van der Waals surface area contributed by atoms with Crippen LogP contribution in [0.3, 0.4) is 0 Å². The summed E-state index contributed by atoms with van der Waals surface area (Å²) >= 11 is 0. The zero-order chi connectivity index (χ0) is 33.1. The third-order valence-electron chi connectivity index (χ3n) is 12.4. The van der Waals surface area contributed by atoms with Gasteiger partial charge in [0.05, 0.1) is 5.41 Å². The summed E-state index contributed by atoms with van der Waals surface area (Å²) in [7, 11) is 0. The van der Waals surface area contributed by atoms with Crippen molar-refractivity contribution < 1.29 is 9.59 Å². The van der Waals surface area contributed by atoms with Crippen molar-refractivity contribution in [1.29, 1.82) is 0 Å². The highest BCUT2D eigenvalue weighted by atomic mass is 16.1. The summed E-state index contributed by atoms with van der Waals surface area (Å²) in [6.45, 7) is 15.9. The Bertz CT molecular complexity index is 1930. The predicted octanol–water partition coefficient (Wildman–Crippen LogP) is 7.72. The first-order valence-electron chi connectivity index (χ1n) is 17.7. The maximum Gasteiger partial charge on any atom is 0.162 e. The number of aryl methyl sites for hydroxylation is 2. The van der Waals surface area contributed by atoms with E-state index in [9.17, 15) is 9.59 Å². The van der Waals surface area contributed by atoms with Crippen LogP contribution in [0.25, 0.3) is 0 Å². The highest BCUT2D eigenvalue weighted by Gasteiger charge is 2.55. The number of nitrogens with one attached hydrogen (secondary N) is 3. The summed E-state index contributed by atoms with van der Waals surface area (Å²) < 4.78 is 2.13. The number of carbonyl (C=O) groups is 2. The molecule has 0 bridgehead atoms. The Hall–Kier alpha value is -3.94. The van der Waals surface area contributed by atoms with Crippen LogP contribution < -0.4 is 10.6 Å². The van der Waals surface area contributed by atoms with Crippen molar-refractivity contribution in [2.75, 3.05) is 10.6 Å². The van der Waals surface area contributed by atoms with Gasteiger partial charge >= 0.3 is 0 Å². The number of hydrogen-bond donors (Lipinski definition) is 3. The summed E-state index contributed by atoms with van der Waals surface area (Å²) in [5, 5.41) is 20.5. The Morgan fingerprint density at radius 1 is 0.851 bits per heavy atom. The Balaban J connectivity index is 1.20. The molecule has 1 aromatic carbocycles. The number of fused-ring (bicyclic) bond motifs is 6. The molecule has 2 unspecified atom stereocenters. The van der Waals surface area contributed by atoms with Crippen molar-refractivity contribution in [2.45, 2.75) is 124 Å². The van der Waals surface area contributed by atoms with E-state index in [2.05, 4.69) is 93.1 Å². The van der Waals surface area contributed by atoms with Crippen molar-refractivity contribution in [3.8, 4) is 0 Å². The lowest BCUT2D eigenvalue weighted by atomic mass is 9.56. The highest BCUT2D eigenvalue weighted by molar-refractivity contribution is 6.03. The predicted molar refractivity (Wildman–Crippen MR) is 184 cm³/mol. The Kier molecular flexibility index (Phi) is 6.49. The maximum absolute atomic E-state index is 14.7. The zero-order valence-corrected chi connectivity index (χ0v) is 29.0. The molecular weight excluding hydrogens is 584 g/mol.